The van der Waals surface area contributed by atoms with Crippen LogP contribution in [-0.2, 0) is 28.6 Å². The van der Waals surface area contributed by atoms with Crippen molar-refractivity contribution in [2.75, 3.05) is 13.2 Å². The van der Waals surface area contributed by atoms with Crippen LogP contribution in [0.2, 0.25) is 0 Å². The van der Waals surface area contributed by atoms with Gasteiger partial charge in [-0.1, -0.05) is 291 Å². The van der Waals surface area contributed by atoms with Crippen LogP contribution < -0.4 is 0 Å². The molecule has 0 N–H and O–H groups in total. The predicted octanol–water partition coefficient (Wildman–Crippen LogP) is 22.4. The lowest BCUT2D eigenvalue weighted by Crippen LogP contribution is -2.30. The molecule has 0 aromatic heterocycles. The Labute approximate surface area is 477 Å². The van der Waals surface area contributed by atoms with Crippen molar-refractivity contribution in [3.05, 3.63) is 97.2 Å². The average molecular weight is 1070 g/mol. The molecule has 0 aliphatic carbocycles. The molecule has 442 valence electrons. The predicted molar refractivity (Wildman–Crippen MR) is 334 cm³/mol. The third kappa shape index (κ3) is 63.0. The zero-order valence-corrected chi connectivity index (χ0v) is 50.7. The number of hydrogen-bond acceptors (Lipinski definition) is 6. The van der Waals surface area contributed by atoms with E-state index in [1.807, 2.05) is 0 Å². The van der Waals surface area contributed by atoms with Gasteiger partial charge < -0.3 is 14.2 Å². The molecule has 0 amide bonds. The van der Waals surface area contributed by atoms with Gasteiger partial charge in [0.15, 0.2) is 6.10 Å². The van der Waals surface area contributed by atoms with Crippen molar-refractivity contribution in [3.8, 4) is 0 Å². The number of carbonyl (C=O) groups excluding carboxylic acids is 3. The minimum absolute atomic E-state index is 0.0868. The molecule has 0 spiro atoms. The van der Waals surface area contributed by atoms with E-state index in [0.29, 0.717) is 19.3 Å². The highest BCUT2D eigenvalue weighted by Gasteiger charge is 2.19. The minimum atomic E-state index is -0.794. The molecule has 0 radical (unpaired) electrons. The number of carbonyl (C=O) groups is 3. The maximum absolute atomic E-state index is 12.9. The summed E-state index contributed by atoms with van der Waals surface area (Å²) in [6, 6.07) is 0. The first-order valence-electron chi connectivity index (χ1n) is 32.7. The maximum atomic E-state index is 12.9. The molecule has 1 unspecified atom stereocenters. The number of hydrogen-bond donors (Lipinski definition) is 0. The molecule has 0 aromatic rings. The lowest BCUT2D eigenvalue weighted by molar-refractivity contribution is -0.167. The largest absolute Gasteiger partial charge is 0.462 e. The SMILES string of the molecule is CC/C=C\C/C=C\C/C=C\C/C=C\C/C=C\C/C=C\CCCCCCC(=O)OCC(COC(=O)CCCCCCCCCCCCCCCCCCCC)OC(=O)CCCCCCCCC/C=C\C/C=C\CCCCCC. The first-order valence-corrected chi connectivity index (χ1v) is 32.7. The molecule has 0 saturated heterocycles. The summed E-state index contributed by atoms with van der Waals surface area (Å²) in [5, 5.41) is 0. The van der Waals surface area contributed by atoms with Gasteiger partial charge in [-0.15, -0.1) is 0 Å². The summed E-state index contributed by atoms with van der Waals surface area (Å²) < 4.78 is 16.9. The zero-order chi connectivity index (χ0) is 55.7. The highest BCUT2D eigenvalue weighted by Crippen LogP contribution is 2.16. The molecule has 0 aliphatic rings. The summed E-state index contributed by atoms with van der Waals surface area (Å²) in [6.45, 7) is 6.52. The highest BCUT2D eigenvalue weighted by atomic mass is 16.6. The maximum Gasteiger partial charge on any atom is 0.306 e. The molecule has 77 heavy (non-hydrogen) atoms. The normalized spacial score (nSPS) is 12.7. The molecular formula is C71H122O6. The molecule has 0 fully saturated rings. The monoisotopic (exact) mass is 1070 g/mol. The van der Waals surface area contributed by atoms with E-state index >= 15 is 0 Å². The minimum Gasteiger partial charge on any atom is -0.462 e. The van der Waals surface area contributed by atoms with E-state index in [1.165, 1.54) is 154 Å². The lowest BCUT2D eigenvalue weighted by atomic mass is 10.0. The topological polar surface area (TPSA) is 78.9 Å². The van der Waals surface area contributed by atoms with Crippen molar-refractivity contribution in [1.29, 1.82) is 0 Å². The average Bonchev–Trinajstić information content (AvgIpc) is 3.43. The second-order valence-corrected chi connectivity index (χ2v) is 21.6. The van der Waals surface area contributed by atoms with Crippen molar-refractivity contribution in [1.82, 2.24) is 0 Å². The van der Waals surface area contributed by atoms with Gasteiger partial charge in [0.05, 0.1) is 0 Å². The number of rotatable bonds is 59. The second-order valence-electron chi connectivity index (χ2n) is 21.6. The van der Waals surface area contributed by atoms with Gasteiger partial charge in [0.1, 0.15) is 13.2 Å². The Morgan fingerprint density at radius 3 is 0.805 bits per heavy atom. The fourth-order valence-electron chi connectivity index (χ4n) is 9.18. The van der Waals surface area contributed by atoms with Crippen molar-refractivity contribution in [2.45, 2.75) is 322 Å². The summed E-state index contributed by atoms with van der Waals surface area (Å²) in [4.78, 5) is 38.4. The summed E-state index contributed by atoms with van der Waals surface area (Å²) in [5.74, 6) is -0.907. The zero-order valence-electron chi connectivity index (χ0n) is 50.7. The van der Waals surface area contributed by atoms with Crippen LogP contribution in [0.25, 0.3) is 0 Å². The van der Waals surface area contributed by atoms with Crippen LogP contribution in [0, 0.1) is 0 Å². The second kappa shape index (κ2) is 64.9. The molecule has 1 atom stereocenters. The fourth-order valence-corrected chi connectivity index (χ4v) is 9.18. The Morgan fingerprint density at radius 2 is 0.506 bits per heavy atom. The molecular weight excluding hydrogens is 949 g/mol. The smallest absolute Gasteiger partial charge is 0.306 e. The molecule has 0 bridgehead atoms. The first kappa shape index (κ1) is 73.3. The third-order valence-electron chi connectivity index (χ3n) is 14.1. The van der Waals surface area contributed by atoms with E-state index in [4.69, 9.17) is 14.2 Å². The van der Waals surface area contributed by atoms with Crippen LogP contribution in [0.5, 0.6) is 0 Å². The van der Waals surface area contributed by atoms with Gasteiger partial charge in [0.25, 0.3) is 0 Å². The Balaban J connectivity index is 4.43. The van der Waals surface area contributed by atoms with Crippen LogP contribution in [0.1, 0.15) is 316 Å². The number of esters is 3. The Bertz CT molecular complexity index is 1510. The summed E-state index contributed by atoms with van der Waals surface area (Å²) in [6.07, 6.45) is 86.9. The fraction of sp³-hybridized carbons (Fsp3) is 0.732. The van der Waals surface area contributed by atoms with Crippen LogP contribution in [0.15, 0.2) is 97.2 Å². The van der Waals surface area contributed by atoms with E-state index in [2.05, 4.69) is 118 Å². The van der Waals surface area contributed by atoms with Crippen molar-refractivity contribution in [3.63, 3.8) is 0 Å². The summed E-state index contributed by atoms with van der Waals surface area (Å²) in [5.41, 5.74) is 0. The summed E-state index contributed by atoms with van der Waals surface area (Å²) in [7, 11) is 0. The molecule has 0 aromatic carbocycles. The van der Waals surface area contributed by atoms with Crippen LogP contribution in [0.3, 0.4) is 0 Å². The van der Waals surface area contributed by atoms with E-state index in [1.54, 1.807) is 0 Å². The standard InChI is InChI=1S/C71H122O6/c1-4-7-10-13-16-19-22-25-28-31-34-35-36-37-38-41-43-46-49-52-55-58-61-64-70(73)76-67-68(77-71(74)65-62-59-56-53-50-47-44-40-33-30-27-24-21-18-15-12-9-6-3)66-75-69(72)63-60-57-54-51-48-45-42-39-32-29-26-23-20-17-14-11-8-5-2/h7,10,16,19,21,24-25,28,30,33-35,37-38,43,46,68H,4-6,8-9,11-15,17-18,20,22-23,26-27,29,31-32,36,39-42,44-45,47-67H2,1-3H3/b10-7-,19-16-,24-21-,28-25-,33-30-,35-34-,38-37-,46-43-. The van der Waals surface area contributed by atoms with Gasteiger partial charge >= 0.3 is 17.9 Å². The van der Waals surface area contributed by atoms with Gasteiger partial charge in [0.2, 0.25) is 0 Å². The van der Waals surface area contributed by atoms with E-state index in [9.17, 15) is 14.4 Å². The first-order chi connectivity index (χ1) is 38.0. The third-order valence-corrected chi connectivity index (χ3v) is 14.1. The summed E-state index contributed by atoms with van der Waals surface area (Å²) >= 11 is 0. The van der Waals surface area contributed by atoms with Gasteiger partial charge in [-0.2, -0.15) is 0 Å². The number of unbranched alkanes of at least 4 members (excludes halogenated alkanes) is 32. The van der Waals surface area contributed by atoms with Crippen LogP contribution in [0.4, 0.5) is 0 Å². The Kier molecular flexibility index (Phi) is 61.8. The number of allylic oxidation sites excluding steroid dienone is 16. The van der Waals surface area contributed by atoms with E-state index in [-0.39, 0.29) is 31.1 Å². The molecule has 6 nitrogen and oxygen atoms in total. The molecule has 0 heterocycles. The quantitative estimate of drug-likeness (QED) is 0.0261. The van der Waals surface area contributed by atoms with Gasteiger partial charge in [-0.25, -0.2) is 0 Å². The van der Waals surface area contributed by atoms with E-state index in [0.717, 1.165) is 122 Å². The molecule has 6 heteroatoms. The van der Waals surface area contributed by atoms with Crippen LogP contribution in [-0.4, -0.2) is 37.2 Å². The van der Waals surface area contributed by atoms with Crippen LogP contribution >= 0.6 is 0 Å². The lowest BCUT2D eigenvalue weighted by Gasteiger charge is -2.18. The van der Waals surface area contributed by atoms with Crippen molar-refractivity contribution < 1.29 is 28.6 Å². The Morgan fingerprint density at radius 1 is 0.273 bits per heavy atom. The highest BCUT2D eigenvalue weighted by molar-refractivity contribution is 5.71. The Hall–Kier alpha value is -3.67. The van der Waals surface area contributed by atoms with Gasteiger partial charge in [-0.05, 0) is 103 Å². The number of ether oxygens (including phenoxy) is 3. The van der Waals surface area contributed by atoms with Gasteiger partial charge in [0, 0.05) is 19.3 Å². The molecule has 0 aliphatic heterocycles. The molecule has 0 saturated carbocycles. The van der Waals surface area contributed by atoms with E-state index < -0.39 is 6.10 Å². The van der Waals surface area contributed by atoms with Crippen molar-refractivity contribution in [2.24, 2.45) is 0 Å². The van der Waals surface area contributed by atoms with Crippen molar-refractivity contribution >= 4 is 17.9 Å². The van der Waals surface area contributed by atoms with Gasteiger partial charge in [-0.3, -0.25) is 14.4 Å². The molecule has 0 rings (SSSR count).